The van der Waals surface area contributed by atoms with Crippen LogP contribution in [0.2, 0.25) is 0 Å². The Bertz CT molecular complexity index is 489. The van der Waals surface area contributed by atoms with Gasteiger partial charge in [0.05, 0.1) is 13.2 Å². The van der Waals surface area contributed by atoms with Crippen molar-refractivity contribution in [1.82, 2.24) is 4.90 Å². The van der Waals surface area contributed by atoms with Crippen molar-refractivity contribution in [3.63, 3.8) is 0 Å². The molecule has 1 aliphatic rings. The summed E-state index contributed by atoms with van der Waals surface area (Å²) in [5.41, 5.74) is 0.735. The molecule has 1 atom stereocenters. The molecule has 4 nitrogen and oxygen atoms in total. The number of carbonyl (C=O) groups excluding carboxylic acids is 1. The second-order valence-corrected chi connectivity index (χ2v) is 4.50. The Labute approximate surface area is 107 Å². The van der Waals surface area contributed by atoms with Crippen molar-refractivity contribution < 1.29 is 9.53 Å². The number of hydrogen-bond donors (Lipinski definition) is 0. The minimum absolute atomic E-state index is 0.0486. The van der Waals surface area contributed by atoms with E-state index in [1.165, 1.54) is 4.90 Å². The van der Waals surface area contributed by atoms with E-state index in [0.717, 1.165) is 18.4 Å². The van der Waals surface area contributed by atoms with Gasteiger partial charge < -0.3 is 9.64 Å². The number of rotatable bonds is 4. The van der Waals surface area contributed by atoms with E-state index in [0.29, 0.717) is 5.75 Å². The Morgan fingerprint density at radius 2 is 2.17 bits per heavy atom. The molecule has 18 heavy (non-hydrogen) atoms. The molecule has 0 heterocycles. The number of benzene rings is 1. The summed E-state index contributed by atoms with van der Waals surface area (Å²) in [6.45, 7) is 0. The number of amides is 1. The van der Waals surface area contributed by atoms with Crippen LogP contribution >= 0.6 is 0 Å². The molecule has 1 unspecified atom stereocenters. The van der Waals surface area contributed by atoms with Crippen LogP contribution in [0.4, 0.5) is 0 Å². The molecule has 0 aromatic heterocycles. The molecule has 1 saturated carbocycles. The van der Waals surface area contributed by atoms with Gasteiger partial charge in [0.1, 0.15) is 11.8 Å². The Kier molecular flexibility index (Phi) is 3.52. The monoisotopic (exact) mass is 244 g/mol. The molecule has 94 valence electrons. The maximum Gasteiger partial charge on any atom is 0.226 e. The maximum absolute atomic E-state index is 12.0. The third-order valence-corrected chi connectivity index (χ3v) is 3.22. The zero-order chi connectivity index (χ0) is 13.1. The van der Waals surface area contributed by atoms with Crippen LogP contribution in [0.5, 0.6) is 5.75 Å². The topological polar surface area (TPSA) is 53.3 Å². The van der Waals surface area contributed by atoms with Crippen LogP contribution in [-0.2, 0) is 4.79 Å². The molecule has 0 saturated heterocycles. The first-order valence-electron chi connectivity index (χ1n) is 5.98. The molecule has 0 bridgehead atoms. The van der Waals surface area contributed by atoms with Gasteiger partial charge in [-0.3, -0.25) is 4.79 Å². The molecule has 1 aliphatic carbocycles. The van der Waals surface area contributed by atoms with Gasteiger partial charge in [0.2, 0.25) is 5.91 Å². The van der Waals surface area contributed by atoms with Gasteiger partial charge in [0.15, 0.2) is 0 Å². The lowest BCUT2D eigenvalue weighted by Gasteiger charge is -2.24. The zero-order valence-electron chi connectivity index (χ0n) is 10.6. The van der Waals surface area contributed by atoms with Crippen LogP contribution in [-0.4, -0.2) is 25.0 Å². The standard InChI is InChI=1S/C14H16N2O2/c1-16(14(17)10-7-8-10)12(9-15)11-5-3-4-6-13(11)18-2/h3-6,10,12H,7-8H2,1-2H3. The largest absolute Gasteiger partial charge is 0.496 e. The molecule has 1 amide bonds. The van der Waals surface area contributed by atoms with E-state index in [1.54, 1.807) is 20.2 Å². The fraction of sp³-hybridized carbons (Fsp3) is 0.429. The summed E-state index contributed by atoms with van der Waals surface area (Å²) < 4.78 is 5.25. The Hall–Kier alpha value is -2.02. The number of nitrogens with zero attached hydrogens (tertiary/aromatic N) is 2. The number of nitriles is 1. The van der Waals surface area contributed by atoms with E-state index in [4.69, 9.17) is 4.74 Å². The van der Waals surface area contributed by atoms with Crippen molar-refractivity contribution in [1.29, 1.82) is 5.26 Å². The number of hydrogen-bond acceptors (Lipinski definition) is 3. The van der Waals surface area contributed by atoms with Crippen molar-refractivity contribution in [2.24, 2.45) is 5.92 Å². The van der Waals surface area contributed by atoms with E-state index in [-0.39, 0.29) is 11.8 Å². The smallest absolute Gasteiger partial charge is 0.226 e. The number of ether oxygens (including phenoxy) is 1. The maximum atomic E-state index is 12.0. The van der Waals surface area contributed by atoms with Crippen molar-refractivity contribution in [2.45, 2.75) is 18.9 Å². The fourth-order valence-electron chi connectivity index (χ4n) is 2.00. The first-order chi connectivity index (χ1) is 8.69. The average Bonchev–Trinajstić information content (AvgIpc) is 3.23. The third kappa shape index (κ3) is 2.30. The summed E-state index contributed by atoms with van der Waals surface area (Å²) in [7, 11) is 3.25. The van der Waals surface area contributed by atoms with Gasteiger partial charge in [-0.25, -0.2) is 0 Å². The molecule has 4 heteroatoms. The van der Waals surface area contributed by atoms with Gasteiger partial charge in [-0.15, -0.1) is 0 Å². The van der Waals surface area contributed by atoms with Crippen molar-refractivity contribution >= 4 is 5.91 Å². The molecule has 1 aromatic rings. The molecular weight excluding hydrogens is 228 g/mol. The molecule has 1 aromatic carbocycles. The average molecular weight is 244 g/mol. The molecule has 2 rings (SSSR count). The van der Waals surface area contributed by atoms with Gasteiger partial charge >= 0.3 is 0 Å². The summed E-state index contributed by atoms with van der Waals surface area (Å²) in [4.78, 5) is 13.5. The minimum Gasteiger partial charge on any atom is -0.496 e. The normalized spacial score (nSPS) is 15.6. The Morgan fingerprint density at radius 1 is 1.50 bits per heavy atom. The first kappa shape index (κ1) is 12.4. The van der Waals surface area contributed by atoms with Crippen molar-refractivity contribution in [3.8, 4) is 11.8 Å². The van der Waals surface area contributed by atoms with Crippen LogP contribution < -0.4 is 4.74 Å². The van der Waals surface area contributed by atoms with Gasteiger partial charge in [-0.1, -0.05) is 18.2 Å². The fourth-order valence-corrected chi connectivity index (χ4v) is 2.00. The second-order valence-electron chi connectivity index (χ2n) is 4.50. The summed E-state index contributed by atoms with van der Waals surface area (Å²) in [6.07, 6.45) is 1.88. The number of carbonyl (C=O) groups is 1. The predicted molar refractivity (Wildman–Crippen MR) is 66.8 cm³/mol. The van der Waals surface area contributed by atoms with Crippen LogP contribution in [0.25, 0.3) is 0 Å². The third-order valence-electron chi connectivity index (χ3n) is 3.22. The van der Waals surface area contributed by atoms with Gasteiger partial charge in [0.25, 0.3) is 0 Å². The van der Waals surface area contributed by atoms with E-state index >= 15 is 0 Å². The SMILES string of the molecule is COc1ccccc1C(C#N)N(C)C(=O)C1CC1. The molecule has 1 fully saturated rings. The van der Waals surface area contributed by atoms with Crippen LogP contribution in [0, 0.1) is 17.2 Å². The lowest BCUT2D eigenvalue weighted by atomic mass is 10.1. The predicted octanol–water partition coefficient (Wildman–Crippen LogP) is 2.13. The first-order valence-corrected chi connectivity index (χ1v) is 5.98. The van der Waals surface area contributed by atoms with E-state index in [9.17, 15) is 10.1 Å². The van der Waals surface area contributed by atoms with E-state index < -0.39 is 6.04 Å². The van der Waals surface area contributed by atoms with Crippen molar-refractivity contribution in [2.75, 3.05) is 14.2 Å². The summed E-state index contributed by atoms with van der Waals surface area (Å²) in [5, 5.41) is 9.32. The molecule has 0 aliphatic heterocycles. The summed E-state index contributed by atoms with van der Waals surface area (Å²) in [5.74, 6) is 0.799. The summed E-state index contributed by atoms with van der Waals surface area (Å²) in [6, 6.07) is 8.91. The highest BCUT2D eigenvalue weighted by Crippen LogP contribution is 2.35. The summed E-state index contributed by atoms with van der Waals surface area (Å²) >= 11 is 0. The second kappa shape index (κ2) is 5.09. The van der Waals surface area contributed by atoms with Gasteiger partial charge in [0, 0.05) is 18.5 Å². The molecule has 0 spiro atoms. The lowest BCUT2D eigenvalue weighted by molar-refractivity contribution is -0.132. The molecule has 0 radical (unpaired) electrons. The van der Waals surface area contributed by atoms with Gasteiger partial charge in [-0.05, 0) is 18.9 Å². The Morgan fingerprint density at radius 3 is 2.72 bits per heavy atom. The molecule has 0 N–H and O–H groups in total. The van der Waals surface area contributed by atoms with E-state index in [1.807, 2.05) is 18.2 Å². The quantitative estimate of drug-likeness (QED) is 0.815. The number of methoxy groups -OCH3 is 1. The van der Waals surface area contributed by atoms with E-state index in [2.05, 4.69) is 6.07 Å². The van der Waals surface area contributed by atoms with Crippen LogP contribution in [0.1, 0.15) is 24.4 Å². The highest BCUT2D eigenvalue weighted by molar-refractivity contribution is 5.81. The van der Waals surface area contributed by atoms with Crippen LogP contribution in [0.15, 0.2) is 24.3 Å². The highest BCUT2D eigenvalue weighted by atomic mass is 16.5. The minimum atomic E-state index is -0.589. The van der Waals surface area contributed by atoms with Crippen LogP contribution in [0.3, 0.4) is 0 Å². The zero-order valence-corrected chi connectivity index (χ0v) is 10.6. The Balaban J connectivity index is 2.27. The number of para-hydroxylation sites is 1. The lowest BCUT2D eigenvalue weighted by Crippen LogP contribution is -2.31. The van der Waals surface area contributed by atoms with Crippen molar-refractivity contribution in [3.05, 3.63) is 29.8 Å². The molecular formula is C14H16N2O2. The van der Waals surface area contributed by atoms with Gasteiger partial charge in [-0.2, -0.15) is 5.26 Å². The highest BCUT2D eigenvalue weighted by Gasteiger charge is 2.35.